The fraction of sp³-hybridized carbons (Fsp3) is 0.781. The van der Waals surface area contributed by atoms with E-state index in [1.165, 1.54) is 167 Å². The van der Waals surface area contributed by atoms with Crippen LogP contribution in [-0.2, 0) is 23.8 Å². The van der Waals surface area contributed by atoms with Gasteiger partial charge >= 0.3 is 5.97 Å². The molecule has 0 radical (unpaired) electrons. The van der Waals surface area contributed by atoms with E-state index in [-0.39, 0.29) is 19.4 Å². The number of hydrogen-bond acceptors (Lipinski definition) is 10. The van der Waals surface area contributed by atoms with E-state index in [0.717, 1.165) is 89.9 Å². The van der Waals surface area contributed by atoms with E-state index < -0.39 is 67.4 Å². The highest BCUT2D eigenvalue weighted by atomic mass is 16.7. The van der Waals surface area contributed by atoms with Crippen molar-refractivity contribution in [1.29, 1.82) is 0 Å². The van der Waals surface area contributed by atoms with Gasteiger partial charge in [0.05, 0.1) is 25.4 Å². The van der Waals surface area contributed by atoms with Crippen molar-refractivity contribution >= 4 is 11.9 Å². The number of ether oxygens (including phenoxy) is 3. The summed E-state index contributed by atoms with van der Waals surface area (Å²) in [5.41, 5.74) is 0. The van der Waals surface area contributed by atoms with E-state index in [1.807, 2.05) is 6.08 Å². The predicted molar refractivity (Wildman–Crippen MR) is 352 cm³/mol. The molecule has 11 nitrogen and oxygen atoms in total. The fourth-order valence-electron chi connectivity index (χ4n) is 10.5. The van der Waals surface area contributed by atoms with Crippen molar-refractivity contribution in [2.75, 3.05) is 13.2 Å². The molecule has 486 valence electrons. The fourth-order valence-corrected chi connectivity index (χ4v) is 10.5. The average Bonchev–Trinajstić information content (AvgIpc) is 3.52. The lowest BCUT2D eigenvalue weighted by Crippen LogP contribution is -2.61. The Hall–Kier alpha value is -3.16. The Balaban J connectivity index is 2.61. The number of esters is 1. The third kappa shape index (κ3) is 47.0. The lowest BCUT2D eigenvalue weighted by molar-refractivity contribution is -0.305. The number of unbranched alkanes of at least 4 members (excludes halogenated alkanes) is 33. The van der Waals surface area contributed by atoms with Gasteiger partial charge in [0.2, 0.25) is 5.91 Å². The Morgan fingerprint density at radius 1 is 0.464 bits per heavy atom. The molecule has 0 aromatic heterocycles. The molecule has 1 heterocycles. The second-order valence-corrected chi connectivity index (χ2v) is 23.9. The Morgan fingerprint density at radius 3 is 1.25 bits per heavy atom. The van der Waals surface area contributed by atoms with Crippen LogP contribution in [0.2, 0.25) is 0 Å². The minimum absolute atomic E-state index is 0.118. The Bertz CT molecular complexity index is 1690. The largest absolute Gasteiger partial charge is 0.454 e. The van der Waals surface area contributed by atoms with Crippen LogP contribution in [0.25, 0.3) is 0 Å². The number of amides is 1. The molecule has 11 heteroatoms. The molecule has 0 bridgehead atoms. The Morgan fingerprint density at radius 2 is 0.821 bits per heavy atom. The highest BCUT2D eigenvalue weighted by Gasteiger charge is 2.47. The molecule has 1 aliphatic heterocycles. The molecule has 0 aromatic rings. The summed E-state index contributed by atoms with van der Waals surface area (Å²) in [5, 5.41) is 57.2. The van der Waals surface area contributed by atoms with E-state index in [2.05, 4.69) is 99.0 Å². The van der Waals surface area contributed by atoms with Crippen LogP contribution in [0.3, 0.4) is 0 Å². The second kappa shape index (κ2) is 60.1. The maximum absolute atomic E-state index is 13.5. The van der Waals surface area contributed by atoms with Gasteiger partial charge in [0.1, 0.15) is 24.4 Å². The van der Waals surface area contributed by atoms with Gasteiger partial charge in [-0.3, -0.25) is 9.59 Å². The van der Waals surface area contributed by atoms with Crippen molar-refractivity contribution in [3.05, 3.63) is 85.1 Å². The van der Waals surface area contributed by atoms with Gasteiger partial charge < -0.3 is 45.1 Å². The first kappa shape index (κ1) is 78.9. The lowest BCUT2D eigenvalue weighted by atomic mass is 9.99. The van der Waals surface area contributed by atoms with Crippen LogP contribution >= 0.6 is 0 Å². The number of rotatable bonds is 59. The van der Waals surface area contributed by atoms with Crippen LogP contribution < -0.4 is 5.32 Å². The minimum atomic E-state index is -1.62. The van der Waals surface area contributed by atoms with E-state index in [1.54, 1.807) is 6.08 Å². The van der Waals surface area contributed by atoms with Crippen molar-refractivity contribution < 1.29 is 49.3 Å². The highest BCUT2D eigenvalue weighted by Crippen LogP contribution is 2.26. The second-order valence-electron chi connectivity index (χ2n) is 23.9. The zero-order valence-electron chi connectivity index (χ0n) is 54.0. The van der Waals surface area contributed by atoms with Crippen molar-refractivity contribution in [3.8, 4) is 0 Å². The number of nitrogens with one attached hydrogen (secondary N) is 1. The predicted octanol–water partition coefficient (Wildman–Crippen LogP) is 17.7. The molecule has 0 spiro atoms. The first-order valence-electron chi connectivity index (χ1n) is 34.9. The summed E-state index contributed by atoms with van der Waals surface area (Å²) in [4.78, 5) is 26.7. The lowest BCUT2D eigenvalue weighted by Gasteiger charge is -2.41. The van der Waals surface area contributed by atoms with E-state index in [4.69, 9.17) is 14.2 Å². The molecule has 0 aliphatic carbocycles. The zero-order chi connectivity index (χ0) is 61.0. The summed E-state index contributed by atoms with van der Waals surface area (Å²) in [5.74, 6) is -1.21. The summed E-state index contributed by atoms with van der Waals surface area (Å²) >= 11 is 0. The number of carbonyl (C=O) groups excluding carboxylic acids is 2. The molecule has 8 unspecified atom stereocenters. The first-order valence-corrected chi connectivity index (χ1v) is 34.9. The van der Waals surface area contributed by atoms with Crippen molar-refractivity contribution in [2.24, 2.45) is 0 Å². The van der Waals surface area contributed by atoms with E-state index in [0.29, 0.717) is 12.8 Å². The monoisotopic (exact) mass is 1180 g/mol. The maximum atomic E-state index is 13.5. The summed E-state index contributed by atoms with van der Waals surface area (Å²) in [6, 6.07) is -1.04. The average molecular weight is 1180 g/mol. The van der Waals surface area contributed by atoms with Gasteiger partial charge in [-0.2, -0.15) is 0 Å². The molecular weight excluding hydrogens is 1050 g/mol. The van der Waals surface area contributed by atoms with Crippen LogP contribution in [0.5, 0.6) is 0 Å². The van der Waals surface area contributed by atoms with Gasteiger partial charge in [0.25, 0.3) is 0 Å². The molecule has 84 heavy (non-hydrogen) atoms. The van der Waals surface area contributed by atoms with E-state index >= 15 is 0 Å². The van der Waals surface area contributed by atoms with Crippen LogP contribution in [0.1, 0.15) is 303 Å². The molecule has 0 saturated carbocycles. The summed E-state index contributed by atoms with van der Waals surface area (Å²) in [6.07, 6.45) is 69.0. The summed E-state index contributed by atoms with van der Waals surface area (Å²) in [7, 11) is 0. The van der Waals surface area contributed by atoms with Gasteiger partial charge in [-0.25, -0.2) is 0 Å². The maximum Gasteiger partial charge on any atom is 0.306 e. The number of hydrogen-bond donors (Lipinski definition) is 6. The molecule has 1 rings (SSSR count). The zero-order valence-corrected chi connectivity index (χ0v) is 54.0. The SMILES string of the molecule is CCCCC/C=C\C/C=C\C/C=C\C/C=C\CCCCCCC(O)C(=O)NC(COC1OC(CO)C(O)C(O)C1OC(=O)CCCCCCCCCCCCCCC/C=C\C/C=C\CCCCC)C(O)/C=C/CCCCCCCCCCCC. The first-order chi connectivity index (χ1) is 41.2. The van der Waals surface area contributed by atoms with Gasteiger partial charge in [0, 0.05) is 6.42 Å². The van der Waals surface area contributed by atoms with Crippen LogP contribution in [0.4, 0.5) is 0 Å². The third-order valence-electron chi connectivity index (χ3n) is 16.0. The molecule has 6 N–H and O–H groups in total. The highest BCUT2D eigenvalue weighted by molar-refractivity contribution is 5.80. The summed E-state index contributed by atoms with van der Waals surface area (Å²) < 4.78 is 17.7. The summed E-state index contributed by atoms with van der Waals surface area (Å²) in [6.45, 7) is 5.75. The third-order valence-corrected chi connectivity index (χ3v) is 16.0. The standard InChI is InChI=1S/C73H129NO10/c1-4-7-10-13-16-19-22-25-27-29-31-33-34-35-37-39-41-43-46-49-52-55-58-61-68(78)84-71-70(80)69(79)67(62-75)83-73(71)82-63-64(65(76)59-56-53-50-47-44-24-21-18-15-12-9-6-3)74-72(81)66(77)60-57-54-51-48-45-42-40-38-36-32-30-28-26-23-20-17-14-11-8-5-2/h16-17,19-20,25-28,32,36,40,42,56,59,64-67,69-71,73,75-77,79-80H,4-15,18,21-24,29-31,33-35,37-39,41,43-55,57-58,60-63H2,1-3H3,(H,74,81)/b19-16-,20-17-,27-25-,28-26-,36-32-,42-40-,59-56+. The van der Waals surface area contributed by atoms with Gasteiger partial charge in [0.15, 0.2) is 12.4 Å². The normalized spacial score (nSPS) is 19.0. The number of aliphatic hydroxyl groups excluding tert-OH is 5. The minimum Gasteiger partial charge on any atom is -0.454 e. The Kier molecular flexibility index (Phi) is 56.5. The molecule has 1 amide bonds. The smallest absolute Gasteiger partial charge is 0.306 e. The van der Waals surface area contributed by atoms with Crippen molar-refractivity contribution in [3.63, 3.8) is 0 Å². The quantitative estimate of drug-likeness (QED) is 0.0195. The number of aliphatic hydroxyl groups is 5. The van der Waals surface area contributed by atoms with Crippen LogP contribution in [0.15, 0.2) is 85.1 Å². The van der Waals surface area contributed by atoms with Crippen LogP contribution in [0, 0.1) is 0 Å². The molecule has 1 saturated heterocycles. The number of carbonyl (C=O) groups is 2. The van der Waals surface area contributed by atoms with Crippen LogP contribution in [-0.4, -0.2) is 99.6 Å². The molecule has 1 aliphatic rings. The van der Waals surface area contributed by atoms with Crippen molar-refractivity contribution in [1.82, 2.24) is 5.32 Å². The van der Waals surface area contributed by atoms with Gasteiger partial charge in [-0.15, -0.1) is 0 Å². The van der Waals surface area contributed by atoms with Gasteiger partial charge in [-0.1, -0.05) is 279 Å². The topological polar surface area (TPSA) is 175 Å². The molecule has 1 fully saturated rings. The Labute approximate surface area is 514 Å². The van der Waals surface area contributed by atoms with Crippen molar-refractivity contribution in [2.45, 2.75) is 352 Å². The van der Waals surface area contributed by atoms with Gasteiger partial charge in [-0.05, 0) is 103 Å². The molecule has 8 atom stereocenters. The van der Waals surface area contributed by atoms with E-state index in [9.17, 15) is 35.1 Å². The molecule has 0 aromatic carbocycles. The number of allylic oxidation sites excluding steroid dienone is 13. The molecular formula is C73H129NO10.